The van der Waals surface area contributed by atoms with Crippen LogP contribution in [0.1, 0.15) is 10.4 Å². The molecule has 23 heavy (non-hydrogen) atoms. The molecule has 0 spiro atoms. The van der Waals surface area contributed by atoms with E-state index in [0.29, 0.717) is 22.3 Å². The zero-order valence-corrected chi connectivity index (χ0v) is 12.4. The summed E-state index contributed by atoms with van der Waals surface area (Å²) in [6.45, 7) is 0. The highest BCUT2D eigenvalue weighted by molar-refractivity contribution is 5.99. The van der Waals surface area contributed by atoms with Crippen molar-refractivity contribution < 1.29 is 13.9 Å². The average Bonchev–Trinajstić information content (AvgIpc) is 2.62. The van der Waals surface area contributed by atoms with Crippen LogP contribution < -0.4 is 0 Å². The Hall–Kier alpha value is -3.08. The van der Waals surface area contributed by atoms with Crippen molar-refractivity contribution in [3.8, 4) is 22.3 Å². The first-order valence-electron chi connectivity index (χ1n) is 6.94. The van der Waals surface area contributed by atoms with E-state index >= 15 is 0 Å². The number of halogens is 1. The van der Waals surface area contributed by atoms with Crippen LogP contribution in [0.4, 0.5) is 4.39 Å². The molecule has 0 aliphatic heterocycles. The fraction of sp³-hybridized carbons (Fsp3) is 0.0556. The van der Waals surface area contributed by atoms with Crippen LogP contribution in [-0.4, -0.2) is 23.0 Å². The third kappa shape index (κ3) is 2.81. The highest BCUT2D eigenvalue weighted by Crippen LogP contribution is 2.32. The minimum Gasteiger partial charge on any atom is -0.465 e. The maximum absolute atomic E-state index is 15.0. The highest BCUT2D eigenvalue weighted by Gasteiger charge is 2.22. The van der Waals surface area contributed by atoms with E-state index in [0.717, 1.165) is 0 Å². The minimum atomic E-state index is -0.730. The van der Waals surface area contributed by atoms with E-state index in [2.05, 4.69) is 9.97 Å². The number of hydrogen-bond donors (Lipinski definition) is 0. The van der Waals surface area contributed by atoms with Gasteiger partial charge in [0, 0.05) is 47.0 Å². The first-order valence-corrected chi connectivity index (χ1v) is 6.94. The van der Waals surface area contributed by atoms with Crippen molar-refractivity contribution in [1.29, 1.82) is 0 Å². The van der Waals surface area contributed by atoms with Crippen molar-refractivity contribution in [3.63, 3.8) is 0 Å². The molecule has 4 nitrogen and oxygen atoms in total. The number of aromatic nitrogens is 2. The molecule has 2 heterocycles. The fourth-order valence-electron chi connectivity index (χ4n) is 2.39. The Morgan fingerprint density at radius 2 is 1.52 bits per heavy atom. The lowest BCUT2D eigenvalue weighted by molar-refractivity contribution is 0.0596. The Bertz CT molecular complexity index is 836. The molecule has 2 aromatic heterocycles. The Morgan fingerprint density at radius 3 is 2.04 bits per heavy atom. The lowest BCUT2D eigenvalue weighted by Crippen LogP contribution is -2.08. The number of methoxy groups -OCH3 is 1. The quantitative estimate of drug-likeness (QED) is 0.692. The van der Waals surface area contributed by atoms with Gasteiger partial charge in [0.15, 0.2) is 0 Å². The number of pyridine rings is 2. The topological polar surface area (TPSA) is 52.1 Å². The smallest absolute Gasteiger partial charge is 0.341 e. The van der Waals surface area contributed by atoms with Crippen LogP contribution >= 0.6 is 0 Å². The molecule has 0 aliphatic carbocycles. The van der Waals surface area contributed by atoms with Gasteiger partial charge in [-0.15, -0.1) is 0 Å². The number of ether oxygens (including phenoxy) is 1. The van der Waals surface area contributed by atoms with Gasteiger partial charge in [-0.2, -0.15) is 0 Å². The molecule has 0 radical (unpaired) electrons. The molecule has 3 aromatic rings. The molecule has 0 atom stereocenters. The fourth-order valence-corrected chi connectivity index (χ4v) is 2.39. The standard InChI is InChI=1S/C18H13FN2O2/c1-23-18(22)16-14(12-4-2-8-20-10-12)6-7-15(17(16)19)13-5-3-9-21-11-13/h2-11H,1H3. The summed E-state index contributed by atoms with van der Waals surface area (Å²) in [4.78, 5) is 20.1. The van der Waals surface area contributed by atoms with E-state index in [1.165, 1.54) is 7.11 Å². The maximum Gasteiger partial charge on any atom is 0.341 e. The predicted molar refractivity (Wildman–Crippen MR) is 84.2 cm³/mol. The summed E-state index contributed by atoms with van der Waals surface area (Å²) in [5, 5.41) is 0. The van der Waals surface area contributed by atoms with Crippen molar-refractivity contribution in [3.05, 3.63) is 72.6 Å². The summed E-state index contributed by atoms with van der Waals surface area (Å²) >= 11 is 0. The zero-order chi connectivity index (χ0) is 16.2. The van der Waals surface area contributed by atoms with Gasteiger partial charge in [-0.05, 0) is 12.1 Å². The van der Waals surface area contributed by atoms with Gasteiger partial charge in [0.1, 0.15) is 11.4 Å². The molecule has 0 amide bonds. The number of hydrogen-bond acceptors (Lipinski definition) is 4. The molecule has 0 saturated carbocycles. The van der Waals surface area contributed by atoms with Crippen LogP contribution in [0.15, 0.2) is 61.2 Å². The summed E-state index contributed by atoms with van der Waals surface area (Å²) in [6, 6.07) is 10.2. The van der Waals surface area contributed by atoms with E-state index < -0.39 is 11.8 Å². The Kier molecular flexibility index (Phi) is 4.10. The number of rotatable bonds is 3. The second kappa shape index (κ2) is 6.36. The van der Waals surface area contributed by atoms with Crippen LogP contribution in [0.5, 0.6) is 0 Å². The first-order chi connectivity index (χ1) is 11.2. The molecule has 114 valence electrons. The summed E-state index contributed by atoms with van der Waals surface area (Å²) in [5.41, 5.74) is 1.86. The van der Waals surface area contributed by atoms with Gasteiger partial charge in [-0.25, -0.2) is 9.18 Å². The molecule has 3 rings (SSSR count). The van der Waals surface area contributed by atoms with Crippen molar-refractivity contribution in [2.75, 3.05) is 7.11 Å². The Balaban J connectivity index is 2.24. The van der Waals surface area contributed by atoms with Crippen molar-refractivity contribution in [1.82, 2.24) is 9.97 Å². The van der Waals surface area contributed by atoms with Crippen LogP contribution in [0.3, 0.4) is 0 Å². The van der Waals surface area contributed by atoms with Crippen LogP contribution in [0, 0.1) is 5.82 Å². The highest BCUT2D eigenvalue weighted by atomic mass is 19.1. The largest absolute Gasteiger partial charge is 0.465 e. The summed E-state index contributed by atoms with van der Waals surface area (Å²) in [7, 11) is 1.23. The normalized spacial score (nSPS) is 10.3. The van der Waals surface area contributed by atoms with Gasteiger partial charge in [-0.1, -0.05) is 24.3 Å². The van der Waals surface area contributed by atoms with Crippen LogP contribution in [-0.2, 0) is 4.74 Å². The number of esters is 1. The minimum absolute atomic E-state index is 0.109. The van der Waals surface area contributed by atoms with E-state index in [1.807, 2.05) is 0 Å². The predicted octanol–water partition coefficient (Wildman–Crippen LogP) is 3.74. The molecular weight excluding hydrogens is 295 g/mol. The van der Waals surface area contributed by atoms with Crippen LogP contribution in [0.2, 0.25) is 0 Å². The van der Waals surface area contributed by atoms with E-state index in [-0.39, 0.29) is 5.56 Å². The molecule has 0 fully saturated rings. The van der Waals surface area contributed by atoms with Crippen molar-refractivity contribution in [2.24, 2.45) is 0 Å². The summed E-state index contributed by atoms with van der Waals surface area (Å²) < 4.78 is 19.7. The van der Waals surface area contributed by atoms with Crippen LogP contribution in [0.25, 0.3) is 22.3 Å². The average molecular weight is 308 g/mol. The van der Waals surface area contributed by atoms with Gasteiger partial charge >= 0.3 is 5.97 Å². The molecule has 1 aromatic carbocycles. The van der Waals surface area contributed by atoms with Gasteiger partial charge in [0.05, 0.1) is 7.11 Å². The number of carbonyl (C=O) groups excluding carboxylic acids is 1. The third-order valence-corrected chi connectivity index (χ3v) is 3.48. The van der Waals surface area contributed by atoms with Gasteiger partial charge in [0.2, 0.25) is 0 Å². The maximum atomic E-state index is 15.0. The molecular formula is C18H13FN2O2. The lowest BCUT2D eigenvalue weighted by Gasteiger charge is -2.12. The second-order valence-electron chi connectivity index (χ2n) is 4.82. The molecule has 5 heteroatoms. The Morgan fingerprint density at radius 1 is 0.957 bits per heavy atom. The molecule has 0 aliphatic rings. The van der Waals surface area contributed by atoms with Gasteiger partial charge < -0.3 is 4.74 Å². The molecule has 0 unspecified atom stereocenters. The summed E-state index contributed by atoms with van der Waals surface area (Å²) in [5.74, 6) is -1.36. The number of nitrogens with zero attached hydrogens (tertiary/aromatic N) is 2. The first kappa shape index (κ1) is 14.8. The number of benzene rings is 1. The third-order valence-electron chi connectivity index (χ3n) is 3.48. The molecule has 0 N–H and O–H groups in total. The zero-order valence-electron chi connectivity index (χ0n) is 12.4. The van der Waals surface area contributed by atoms with E-state index in [9.17, 15) is 9.18 Å². The second-order valence-corrected chi connectivity index (χ2v) is 4.82. The van der Waals surface area contributed by atoms with E-state index in [4.69, 9.17) is 4.74 Å². The van der Waals surface area contributed by atoms with Gasteiger partial charge in [0.25, 0.3) is 0 Å². The van der Waals surface area contributed by atoms with Gasteiger partial charge in [-0.3, -0.25) is 9.97 Å². The van der Waals surface area contributed by atoms with Crippen molar-refractivity contribution >= 4 is 5.97 Å². The molecule has 0 saturated heterocycles. The Labute approximate surface area is 132 Å². The number of carbonyl (C=O) groups is 1. The van der Waals surface area contributed by atoms with E-state index in [1.54, 1.807) is 61.2 Å². The lowest BCUT2D eigenvalue weighted by atomic mass is 9.95. The molecule has 0 bridgehead atoms. The van der Waals surface area contributed by atoms with Crippen molar-refractivity contribution in [2.45, 2.75) is 0 Å². The summed E-state index contributed by atoms with van der Waals surface area (Å²) in [6.07, 6.45) is 6.34. The SMILES string of the molecule is COC(=O)c1c(-c2cccnc2)ccc(-c2cccnc2)c1F. The monoisotopic (exact) mass is 308 g/mol.